The number of rotatable bonds is 4. The van der Waals surface area contributed by atoms with Crippen LogP contribution in [0.3, 0.4) is 0 Å². The van der Waals surface area contributed by atoms with Crippen LogP contribution in [0.5, 0.6) is 5.75 Å². The number of aromatic nitrogens is 3. The number of hydrogen-bond acceptors (Lipinski definition) is 4. The summed E-state index contributed by atoms with van der Waals surface area (Å²) in [6.07, 6.45) is 1.62. The van der Waals surface area contributed by atoms with Crippen molar-refractivity contribution in [3.05, 3.63) is 41.7 Å². The Labute approximate surface area is 105 Å². The Kier molecular flexibility index (Phi) is 3.57. The summed E-state index contributed by atoms with van der Waals surface area (Å²) in [5, 5.41) is 10.8. The van der Waals surface area contributed by atoms with Gasteiger partial charge in [-0.25, -0.2) is 0 Å². The largest absolute Gasteiger partial charge is 0.497 e. The Morgan fingerprint density at radius 1 is 1.50 bits per heavy atom. The predicted molar refractivity (Wildman–Crippen MR) is 65.2 cm³/mol. The van der Waals surface area contributed by atoms with Gasteiger partial charge in [0.1, 0.15) is 11.4 Å². The summed E-state index contributed by atoms with van der Waals surface area (Å²) in [6.45, 7) is 0.351. The van der Waals surface area contributed by atoms with Crippen LogP contribution in [0.25, 0.3) is 0 Å². The van der Waals surface area contributed by atoms with E-state index < -0.39 is 0 Å². The van der Waals surface area contributed by atoms with Gasteiger partial charge in [0.2, 0.25) is 0 Å². The van der Waals surface area contributed by atoms with E-state index in [4.69, 9.17) is 4.74 Å². The van der Waals surface area contributed by atoms with E-state index in [1.165, 1.54) is 4.80 Å². The van der Waals surface area contributed by atoms with Crippen molar-refractivity contribution in [3.8, 4) is 5.75 Å². The molecule has 0 aliphatic carbocycles. The Hall–Kier alpha value is -2.37. The molecule has 0 unspecified atom stereocenters. The number of carbonyl (C=O) groups is 1. The van der Waals surface area contributed by atoms with E-state index >= 15 is 0 Å². The summed E-state index contributed by atoms with van der Waals surface area (Å²) in [5.41, 5.74) is 1.27. The molecule has 6 heteroatoms. The molecular formula is C12H14N4O2. The second-order valence-corrected chi connectivity index (χ2v) is 3.74. The highest BCUT2D eigenvalue weighted by Crippen LogP contribution is 2.12. The van der Waals surface area contributed by atoms with Gasteiger partial charge >= 0.3 is 0 Å². The van der Waals surface area contributed by atoms with E-state index in [0.717, 1.165) is 0 Å². The molecule has 1 aromatic carbocycles. The van der Waals surface area contributed by atoms with Crippen LogP contribution in [0.15, 0.2) is 30.5 Å². The van der Waals surface area contributed by atoms with Gasteiger partial charge in [0.05, 0.1) is 19.9 Å². The number of ether oxygens (including phenoxy) is 1. The average Bonchev–Trinajstić information content (AvgIpc) is 2.82. The summed E-state index contributed by atoms with van der Waals surface area (Å²) in [7, 11) is 3.30. The maximum Gasteiger partial charge on any atom is 0.251 e. The minimum Gasteiger partial charge on any atom is -0.497 e. The van der Waals surface area contributed by atoms with E-state index in [1.54, 1.807) is 44.6 Å². The standard InChI is InChI=1S/C12H14N4O2/c1-16-14-8-10(15-16)7-13-12(17)9-4-3-5-11(6-9)18-2/h3-6,8H,7H2,1-2H3,(H,13,17). The molecule has 18 heavy (non-hydrogen) atoms. The molecule has 0 saturated carbocycles. The molecule has 2 rings (SSSR count). The molecule has 1 N–H and O–H groups in total. The second-order valence-electron chi connectivity index (χ2n) is 3.74. The highest BCUT2D eigenvalue weighted by Gasteiger charge is 2.07. The molecule has 0 radical (unpaired) electrons. The molecule has 0 aliphatic rings. The van der Waals surface area contributed by atoms with Crippen LogP contribution in [0.4, 0.5) is 0 Å². The molecule has 0 saturated heterocycles. The van der Waals surface area contributed by atoms with Crippen molar-refractivity contribution in [1.29, 1.82) is 0 Å². The molecule has 6 nitrogen and oxygen atoms in total. The fourth-order valence-electron chi connectivity index (χ4n) is 1.51. The van der Waals surface area contributed by atoms with Crippen LogP contribution in [0, 0.1) is 0 Å². The smallest absolute Gasteiger partial charge is 0.251 e. The lowest BCUT2D eigenvalue weighted by Crippen LogP contribution is -2.23. The van der Waals surface area contributed by atoms with Gasteiger partial charge in [0.15, 0.2) is 0 Å². The van der Waals surface area contributed by atoms with Gasteiger partial charge in [-0.2, -0.15) is 15.0 Å². The Morgan fingerprint density at radius 2 is 2.33 bits per heavy atom. The number of benzene rings is 1. The van der Waals surface area contributed by atoms with Gasteiger partial charge in [0, 0.05) is 12.6 Å². The van der Waals surface area contributed by atoms with E-state index in [9.17, 15) is 4.79 Å². The van der Waals surface area contributed by atoms with E-state index in [-0.39, 0.29) is 5.91 Å². The number of amides is 1. The summed E-state index contributed by atoms with van der Waals surface area (Å²) in [6, 6.07) is 6.98. The first-order valence-corrected chi connectivity index (χ1v) is 5.46. The zero-order chi connectivity index (χ0) is 13.0. The molecule has 1 aromatic heterocycles. The first-order valence-electron chi connectivity index (χ1n) is 5.46. The fourth-order valence-corrected chi connectivity index (χ4v) is 1.51. The Morgan fingerprint density at radius 3 is 3.00 bits per heavy atom. The lowest BCUT2D eigenvalue weighted by molar-refractivity contribution is 0.0950. The topological polar surface area (TPSA) is 69.0 Å². The summed E-state index contributed by atoms with van der Waals surface area (Å²) < 4.78 is 5.07. The summed E-state index contributed by atoms with van der Waals surface area (Å²) >= 11 is 0. The minimum absolute atomic E-state index is 0.167. The van der Waals surface area contributed by atoms with Crippen LogP contribution in [-0.2, 0) is 13.6 Å². The van der Waals surface area contributed by atoms with Crippen LogP contribution in [0.2, 0.25) is 0 Å². The van der Waals surface area contributed by atoms with Crippen molar-refractivity contribution in [3.63, 3.8) is 0 Å². The number of aryl methyl sites for hydroxylation is 1. The van der Waals surface area contributed by atoms with Crippen LogP contribution in [-0.4, -0.2) is 28.0 Å². The number of nitrogens with zero attached hydrogens (tertiary/aromatic N) is 3. The molecule has 2 aromatic rings. The minimum atomic E-state index is -0.167. The fraction of sp³-hybridized carbons (Fsp3) is 0.250. The van der Waals surface area contributed by atoms with Crippen LogP contribution in [0.1, 0.15) is 16.1 Å². The molecule has 1 amide bonds. The SMILES string of the molecule is COc1cccc(C(=O)NCc2cnn(C)n2)c1. The van der Waals surface area contributed by atoms with Gasteiger partial charge in [-0.05, 0) is 18.2 Å². The van der Waals surface area contributed by atoms with Gasteiger partial charge in [-0.3, -0.25) is 4.79 Å². The zero-order valence-electron chi connectivity index (χ0n) is 10.3. The molecule has 0 aliphatic heterocycles. The molecular weight excluding hydrogens is 232 g/mol. The molecule has 0 atom stereocenters. The average molecular weight is 246 g/mol. The van der Waals surface area contributed by atoms with E-state index in [2.05, 4.69) is 15.5 Å². The predicted octanol–water partition coefficient (Wildman–Crippen LogP) is 0.754. The maximum atomic E-state index is 11.9. The van der Waals surface area contributed by atoms with Crippen molar-refractivity contribution in [2.75, 3.05) is 7.11 Å². The number of methoxy groups -OCH3 is 1. The lowest BCUT2D eigenvalue weighted by Gasteiger charge is -2.05. The summed E-state index contributed by atoms with van der Waals surface area (Å²) in [5.74, 6) is 0.488. The molecule has 0 bridgehead atoms. The normalized spacial score (nSPS) is 10.1. The van der Waals surface area contributed by atoms with E-state index in [1.807, 2.05) is 0 Å². The zero-order valence-corrected chi connectivity index (χ0v) is 10.3. The molecule has 94 valence electrons. The van der Waals surface area contributed by atoms with E-state index in [0.29, 0.717) is 23.6 Å². The summed E-state index contributed by atoms with van der Waals surface area (Å²) in [4.78, 5) is 13.3. The van der Waals surface area contributed by atoms with Crippen LogP contribution >= 0.6 is 0 Å². The number of nitrogens with one attached hydrogen (secondary N) is 1. The Balaban J connectivity index is 1.99. The van der Waals surface area contributed by atoms with Crippen molar-refractivity contribution in [2.45, 2.75) is 6.54 Å². The monoisotopic (exact) mass is 246 g/mol. The highest BCUT2D eigenvalue weighted by molar-refractivity contribution is 5.94. The van der Waals surface area contributed by atoms with Gasteiger partial charge in [0.25, 0.3) is 5.91 Å². The number of carbonyl (C=O) groups excluding carboxylic acids is 1. The second kappa shape index (κ2) is 5.31. The third-order valence-corrected chi connectivity index (χ3v) is 2.41. The lowest BCUT2D eigenvalue weighted by atomic mass is 10.2. The third-order valence-electron chi connectivity index (χ3n) is 2.41. The first-order chi connectivity index (χ1) is 8.69. The maximum absolute atomic E-state index is 11.9. The van der Waals surface area contributed by atoms with Gasteiger partial charge in [-0.15, -0.1) is 0 Å². The quantitative estimate of drug-likeness (QED) is 0.864. The highest BCUT2D eigenvalue weighted by atomic mass is 16.5. The van der Waals surface area contributed by atoms with Crippen molar-refractivity contribution >= 4 is 5.91 Å². The van der Waals surface area contributed by atoms with Crippen molar-refractivity contribution in [1.82, 2.24) is 20.3 Å². The third kappa shape index (κ3) is 2.85. The molecule has 0 fully saturated rings. The van der Waals surface area contributed by atoms with Gasteiger partial charge < -0.3 is 10.1 Å². The Bertz CT molecular complexity index is 551. The first kappa shape index (κ1) is 12.1. The molecule has 0 spiro atoms. The van der Waals surface area contributed by atoms with Crippen LogP contribution < -0.4 is 10.1 Å². The van der Waals surface area contributed by atoms with Gasteiger partial charge in [-0.1, -0.05) is 6.07 Å². The van der Waals surface area contributed by atoms with Crippen molar-refractivity contribution < 1.29 is 9.53 Å². The van der Waals surface area contributed by atoms with Crippen molar-refractivity contribution in [2.24, 2.45) is 7.05 Å². The number of hydrogen-bond donors (Lipinski definition) is 1. The molecule has 1 heterocycles.